The fourth-order valence-electron chi connectivity index (χ4n) is 2.06. The van der Waals surface area contributed by atoms with Crippen LogP contribution in [0.15, 0.2) is 12.1 Å². The third-order valence-corrected chi connectivity index (χ3v) is 3.46. The molecule has 3 N–H and O–H groups in total. The minimum atomic E-state index is -0.242. The van der Waals surface area contributed by atoms with E-state index in [1.54, 1.807) is 12.1 Å². The number of anilines is 1. The number of halogens is 1. The van der Waals surface area contributed by atoms with E-state index in [-0.39, 0.29) is 11.8 Å². The van der Waals surface area contributed by atoms with Gasteiger partial charge < -0.3 is 20.5 Å². The SMILES string of the molecule is COc1cc(Cl)c(NC(=O)C(CN)CC(C)C)cc1OC. The van der Waals surface area contributed by atoms with Crippen LogP contribution in [0.4, 0.5) is 5.69 Å². The molecule has 0 fully saturated rings. The Morgan fingerprint density at radius 3 is 2.33 bits per heavy atom. The van der Waals surface area contributed by atoms with Crippen LogP contribution < -0.4 is 20.5 Å². The predicted octanol–water partition coefficient (Wildman–Crippen LogP) is 2.92. The number of rotatable bonds is 7. The molecule has 6 heteroatoms. The Morgan fingerprint density at radius 2 is 1.86 bits per heavy atom. The number of carbonyl (C=O) groups is 1. The first-order valence-corrected chi connectivity index (χ1v) is 7.23. The van der Waals surface area contributed by atoms with Crippen LogP contribution in [0.2, 0.25) is 5.02 Å². The molecule has 1 atom stereocenters. The van der Waals surface area contributed by atoms with Crippen molar-refractivity contribution in [2.45, 2.75) is 20.3 Å². The molecule has 0 spiro atoms. The summed E-state index contributed by atoms with van der Waals surface area (Å²) in [7, 11) is 3.05. The van der Waals surface area contributed by atoms with Crippen LogP contribution >= 0.6 is 11.6 Å². The van der Waals surface area contributed by atoms with Crippen LogP contribution in [0.1, 0.15) is 20.3 Å². The van der Waals surface area contributed by atoms with Crippen molar-refractivity contribution in [2.24, 2.45) is 17.6 Å². The van der Waals surface area contributed by atoms with Crippen LogP contribution in [0.3, 0.4) is 0 Å². The number of hydrogen-bond acceptors (Lipinski definition) is 4. The Hall–Kier alpha value is -1.46. The Bertz CT molecular complexity index is 492. The van der Waals surface area contributed by atoms with Crippen molar-refractivity contribution in [1.82, 2.24) is 0 Å². The molecule has 1 unspecified atom stereocenters. The Morgan fingerprint density at radius 1 is 1.29 bits per heavy atom. The predicted molar refractivity (Wildman–Crippen MR) is 85.2 cm³/mol. The van der Waals surface area contributed by atoms with E-state index in [0.717, 1.165) is 6.42 Å². The highest BCUT2D eigenvalue weighted by atomic mass is 35.5. The molecule has 0 heterocycles. The van der Waals surface area contributed by atoms with Gasteiger partial charge in [-0.25, -0.2) is 0 Å². The maximum absolute atomic E-state index is 12.3. The molecule has 0 saturated carbocycles. The Kier molecular flexibility index (Phi) is 6.78. The van der Waals surface area contributed by atoms with Crippen molar-refractivity contribution in [1.29, 1.82) is 0 Å². The molecule has 1 aromatic rings. The maximum Gasteiger partial charge on any atom is 0.228 e. The number of nitrogens with one attached hydrogen (secondary N) is 1. The summed E-state index contributed by atoms with van der Waals surface area (Å²) in [5.41, 5.74) is 6.16. The van der Waals surface area contributed by atoms with E-state index in [1.165, 1.54) is 14.2 Å². The topological polar surface area (TPSA) is 73.6 Å². The molecule has 0 aliphatic heterocycles. The molecule has 0 radical (unpaired) electrons. The maximum atomic E-state index is 12.3. The van der Waals surface area contributed by atoms with Gasteiger partial charge in [0.05, 0.1) is 30.8 Å². The summed E-state index contributed by atoms with van der Waals surface area (Å²) in [4.78, 5) is 12.3. The highest BCUT2D eigenvalue weighted by Gasteiger charge is 2.20. The van der Waals surface area contributed by atoms with Crippen LogP contribution in [0.25, 0.3) is 0 Å². The van der Waals surface area contributed by atoms with Crippen molar-refractivity contribution in [3.05, 3.63) is 17.2 Å². The zero-order valence-electron chi connectivity index (χ0n) is 12.9. The van der Waals surface area contributed by atoms with Crippen LogP contribution in [-0.2, 0) is 4.79 Å². The van der Waals surface area contributed by atoms with Crippen molar-refractivity contribution in [3.8, 4) is 11.5 Å². The lowest BCUT2D eigenvalue weighted by Gasteiger charge is -2.18. The van der Waals surface area contributed by atoms with Crippen molar-refractivity contribution in [3.63, 3.8) is 0 Å². The van der Waals surface area contributed by atoms with E-state index < -0.39 is 0 Å². The summed E-state index contributed by atoms with van der Waals surface area (Å²) in [5, 5.41) is 3.20. The normalized spacial score (nSPS) is 12.1. The van der Waals surface area contributed by atoms with Gasteiger partial charge in [-0.05, 0) is 12.3 Å². The number of methoxy groups -OCH3 is 2. The van der Waals surface area contributed by atoms with Gasteiger partial charge in [-0.1, -0.05) is 25.4 Å². The second-order valence-corrected chi connectivity index (χ2v) is 5.65. The minimum Gasteiger partial charge on any atom is -0.493 e. The number of nitrogens with two attached hydrogens (primary N) is 1. The van der Waals surface area contributed by atoms with E-state index in [4.69, 9.17) is 26.8 Å². The molecule has 1 aromatic carbocycles. The Labute approximate surface area is 130 Å². The van der Waals surface area contributed by atoms with Gasteiger partial charge in [-0.2, -0.15) is 0 Å². The van der Waals surface area contributed by atoms with Gasteiger partial charge in [0.2, 0.25) is 5.91 Å². The standard InChI is InChI=1S/C15H23ClN2O3/c1-9(2)5-10(8-17)15(19)18-12-7-14(21-4)13(20-3)6-11(12)16/h6-7,9-10H,5,8,17H2,1-4H3,(H,18,19). The smallest absolute Gasteiger partial charge is 0.228 e. The van der Waals surface area contributed by atoms with Gasteiger partial charge in [0.25, 0.3) is 0 Å². The second kappa shape index (κ2) is 8.10. The molecule has 0 saturated heterocycles. The molecule has 0 bridgehead atoms. The highest BCUT2D eigenvalue weighted by molar-refractivity contribution is 6.34. The monoisotopic (exact) mass is 314 g/mol. The highest BCUT2D eigenvalue weighted by Crippen LogP contribution is 2.36. The van der Waals surface area contributed by atoms with Gasteiger partial charge in [-0.3, -0.25) is 4.79 Å². The van der Waals surface area contributed by atoms with E-state index in [0.29, 0.717) is 34.7 Å². The average molecular weight is 315 g/mol. The first-order valence-electron chi connectivity index (χ1n) is 6.85. The zero-order chi connectivity index (χ0) is 16.0. The van der Waals surface area contributed by atoms with E-state index in [1.807, 2.05) is 0 Å². The molecule has 0 aromatic heterocycles. The van der Waals surface area contributed by atoms with E-state index in [9.17, 15) is 4.79 Å². The molecule has 1 amide bonds. The lowest BCUT2D eigenvalue weighted by molar-refractivity contribution is -0.120. The minimum absolute atomic E-state index is 0.139. The van der Waals surface area contributed by atoms with Crippen LogP contribution in [-0.4, -0.2) is 26.7 Å². The zero-order valence-corrected chi connectivity index (χ0v) is 13.7. The summed E-state index contributed by atoms with van der Waals surface area (Å²) in [5.74, 6) is 1.03. The first kappa shape index (κ1) is 17.6. The number of carbonyl (C=O) groups excluding carboxylic acids is 1. The Balaban J connectivity index is 2.93. The fourth-order valence-corrected chi connectivity index (χ4v) is 2.26. The summed E-state index contributed by atoms with van der Waals surface area (Å²) in [6.07, 6.45) is 0.729. The van der Waals surface area contributed by atoms with Gasteiger partial charge in [0, 0.05) is 18.7 Å². The lowest BCUT2D eigenvalue weighted by Crippen LogP contribution is -2.30. The quantitative estimate of drug-likeness (QED) is 0.811. The van der Waals surface area contributed by atoms with Crippen LogP contribution in [0, 0.1) is 11.8 Å². The van der Waals surface area contributed by atoms with Crippen LogP contribution in [0.5, 0.6) is 11.5 Å². The van der Waals surface area contributed by atoms with Gasteiger partial charge in [-0.15, -0.1) is 0 Å². The number of ether oxygens (including phenoxy) is 2. The largest absolute Gasteiger partial charge is 0.493 e. The molecular formula is C15H23ClN2O3. The fraction of sp³-hybridized carbons (Fsp3) is 0.533. The van der Waals surface area contributed by atoms with E-state index in [2.05, 4.69) is 19.2 Å². The summed E-state index contributed by atoms with van der Waals surface area (Å²) < 4.78 is 10.4. The van der Waals surface area contributed by atoms with Crippen molar-refractivity contribution >= 4 is 23.2 Å². The molecule has 21 heavy (non-hydrogen) atoms. The van der Waals surface area contributed by atoms with Gasteiger partial charge in [0.15, 0.2) is 11.5 Å². The summed E-state index contributed by atoms with van der Waals surface area (Å²) in [6.45, 7) is 4.41. The van der Waals surface area contributed by atoms with Crippen molar-refractivity contribution < 1.29 is 14.3 Å². The molecule has 5 nitrogen and oxygen atoms in total. The number of hydrogen-bond donors (Lipinski definition) is 2. The third-order valence-electron chi connectivity index (χ3n) is 3.14. The molecular weight excluding hydrogens is 292 g/mol. The van der Waals surface area contributed by atoms with Crippen molar-refractivity contribution in [2.75, 3.05) is 26.1 Å². The second-order valence-electron chi connectivity index (χ2n) is 5.24. The van der Waals surface area contributed by atoms with E-state index >= 15 is 0 Å². The molecule has 1 rings (SSSR count). The first-order chi connectivity index (χ1) is 9.92. The van der Waals surface area contributed by atoms with Gasteiger partial charge in [0.1, 0.15) is 0 Å². The lowest BCUT2D eigenvalue weighted by atomic mass is 9.96. The molecule has 0 aliphatic carbocycles. The summed E-state index contributed by atoms with van der Waals surface area (Å²) >= 11 is 6.15. The molecule has 0 aliphatic rings. The summed E-state index contributed by atoms with van der Waals surface area (Å²) in [6, 6.07) is 3.25. The average Bonchev–Trinajstić information content (AvgIpc) is 2.45. The van der Waals surface area contributed by atoms with Gasteiger partial charge >= 0.3 is 0 Å². The number of amides is 1. The molecule has 118 valence electrons. The number of benzene rings is 1. The third kappa shape index (κ3) is 4.79.